The maximum Gasteiger partial charge on any atom is 0.322 e. The van der Waals surface area contributed by atoms with E-state index in [4.69, 9.17) is 5.26 Å². The summed E-state index contributed by atoms with van der Waals surface area (Å²) in [4.78, 5) is 11.9. The molecule has 2 aromatic carbocycles. The number of hydrogen-bond donors (Lipinski definition) is 0. The lowest BCUT2D eigenvalue weighted by Crippen LogP contribution is -2.36. The van der Waals surface area contributed by atoms with Gasteiger partial charge >= 0.3 is 5.97 Å². The number of nitriles is 1. The molecule has 0 atom stereocenters. The number of sulfonamides is 1. The third-order valence-electron chi connectivity index (χ3n) is 3.19. The van der Waals surface area contributed by atoms with Crippen molar-refractivity contribution in [3.8, 4) is 6.07 Å². The molecule has 2 aromatic rings. The number of carbonyl (C=O) groups excluding carboxylic acids is 1. The molecule has 0 aliphatic carbocycles. The molecule has 0 saturated heterocycles. The van der Waals surface area contributed by atoms with E-state index in [2.05, 4.69) is 4.74 Å². The second-order valence-corrected chi connectivity index (χ2v) is 6.83. The molecule has 0 spiro atoms. The van der Waals surface area contributed by atoms with Crippen LogP contribution in [0.1, 0.15) is 5.56 Å². The molecule has 0 heterocycles. The van der Waals surface area contributed by atoms with Crippen LogP contribution in [0.5, 0.6) is 0 Å². The average Bonchev–Trinajstić information content (AvgIpc) is 2.61. The van der Waals surface area contributed by atoms with Crippen molar-refractivity contribution in [3.63, 3.8) is 0 Å². The van der Waals surface area contributed by atoms with Gasteiger partial charge in [0, 0.05) is 6.54 Å². The minimum absolute atomic E-state index is 0.0275. The lowest BCUT2D eigenvalue weighted by Gasteiger charge is -2.21. The molecule has 0 fully saturated rings. The van der Waals surface area contributed by atoms with Gasteiger partial charge in [0.2, 0.25) is 10.0 Å². The predicted molar refractivity (Wildman–Crippen MR) is 87.1 cm³/mol. The van der Waals surface area contributed by atoms with Gasteiger partial charge in [0.15, 0.2) is 6.61 Å². The van der Waals surface area contributed by atoms with E-state index in [0.29, 0.717) is 0 Å². The number of benzene rings is 2. The summed E-state index contributed by atoms with van der Waals surface area (Å²) < 4.78 is 31.3. The maximum atomic E-state index is 12.8. The third-order valence-corrected chi connectivity index (χ3v) is 4.99. The smallest absolute Gasteiger partial charge is 0.322 e. The van der Waals surface area contributed by atoms with Gasteiger partial charge in [-0.05, 0) is 17.7 Å². The molecular weight excluding hydrogens is 328 g/mol. The van der Waals surface area contributed by atoms with Gasteiger partial charge in [-0.15, -0.1) is 0 Å². The minimum atomic E-state index is -3.87. The molecule has 7 heteroatoms. The molecule has 0 N–H and O–H groups in total. The maximum absolute atomic E-state index is 12.8. The van der Waals surface area contributed by atoms with E-state index >= 15 is 0 Å². The Balaban J connectivity index is 2.28. The second kappa shape index (κ2) is 8.24. The Morgan fingerprint density at radius 2 is 1.62 bits per heavy atom. The first-order valence-corrected chi connectivity index (χ1v) is 8.60. The minimum Gasteiger partial charge on any atom is -0.449 e. The summed E-state index contributed by atoms with van der Waals surface area (Å²) in [6, 6.07) is 18.5. The summed E-state index contributed by atoms with van der Waals surface area (Å²) in [6.45, 7) is -0.850. The van der Waals surface area contributed by atoms with Crippen LogP contribution in [0.2, 0.25) is 0 Å². The zero-order valence-electron chi connectivity index (χ0n) is 12.8. The van der Waals surface area contributed by atoms with Crippen molar-refractivity contribution in [1.82, 2.24) is 4.31 Å². The molecule has 124 valence electrons. The van der Waals surface area contributed by atoms with E-state index in [0.717, 1.165) is 9.87 Å². The van der Waals surface area contributed by atoms with Gasteiger partial charge in [-0.2, -0.15) is 9.57 Å². The first-order chi connectivity index (χ1) is 11.5. The van der Waals surface area contributed by atoms with Crippen LogP contribution in [0.25, 0.3) is 0 Å². The number of rotatable bonds is 7. The predicted octanol–water partition coefficient (Wildman–Crippen LogP) is 1.94. The Morgan fingerprint density at radius 1 is 1.04 bits per heavy atom. The summed E-state index contributed by atoms with van der Waals surface area (Å²) >= 11 is 0. The topological polar surface area (TPSA) is 87.5 Å². The Morgan fingerprint density at radius 3 is 2.21 bits per heavy atom. The zero-order valence-corrected chi connectivity index (χ0v) is 13.6. The number of carbonyl (C=O) groups is 1. The van der Waals surface area contributed by atoms with E-state index in [1.165, 1.54) is 12.1 Å². The molecule has 0 aromatic heterocycles. The van der Waals surface area contributed by atoms with Crippen molar-refractivity contribution in [2.75, 3.05) is 13.2 Å². The van der Waals surface area contributed by atoms with Crippen LogP contribution in [0, 0.1) is 11.3 Å². The first kappa shape index (κ1) is 17.7. The molecule has 6 nitrogen and oxygen atoms in total. The second-order valence-electron chi connectivity index (χ2n) is 4.89. The van der Waals surface area contributed by atoms with E-state index in [1.54, 1.807) is 48.5 Å². The Bertz CT molecular complexity index is 815. The van der Waals surface area contributed by atoms with Gasteiger partial charge in [0.25, 0.3) is 0 Å². The summed E-state index contributed by atoms with van der Waals surface area (Å²) in [7, 11) is -3.87. The van der Waals surface area contributed by atoms with Gasteiger partial charge in [0.05, 0.1) is 4.90 Å². The van der Waals surface area contributed by atoms with Crippen molar-refractivity contribution < 1.29 is 17.9 Å². The molecule has 0 bridgehead atoms. The monoisotopic (exact) mass is 344 g/mol. The summed E-state index contributed by atoms with van der Waals surface area (Å²) in [5.74, 6) is -0.771. The Kier molecular flexibility index (Phi) is 6.07. The fraction of sp³-hybridized carbons (Fsp3) is 0.176. The number of esters is 1. The molecule has 24 heavy (non-hydrogen) atoms. The van der Waals surface area contributed by atoms with Gasteiger partial charge in [0.1, 0.15) is 12.6 Å². The van der Waals surface area contributed by atoms with Crippen LogP contribution < -0.4 is 0 Å². The quantitative estimate of drug-likeness (QED) is 0.716. The summed E-state index contributed by atoms with van der Waals surface area (Å²) in [5.41, 5.74) is 0.741. The van der Waals surface area contributed by atoms with Crippen molar-refractivity contribution in [1.29, 1.82) is 5.26 Å². The van der Waals surface area contributed by atoms with Crippen molar-refractivity contribution in [2.45, 2.75) is 11.4 Å². The van der Waals surface area contributed by atoms with Gasteiger partial charge in [-0.1, -0.05) is 48.5 Å². The van der Waals surface area contributed by atoms with Gasteiger partial charge in [-0.25, -0.2) is 8.42 Å². The van der Waals surface area contributed by atoms with Crippen LogP contribution in [0.4, 0.5) is 0 Å². The van der Waals surface area contributed by atoms with E-state index in [1.807, 2.05) is 6.07 Å². The fourth-order valence-electron chi connectivity index (χ4n) is 2.06. The van der Waals surface area contributed by atoms with E-state index < -0.39 is 29.1 Å². The highest BCUT2D eigenvalue weighted by atomic mass is 32.2. The largest absolute Gasteiger partial charge is 0.449 e. The molecule has 0 amide bonds. The normalized spacial score (nSPS) is 11.0. The highest BCUT2D eigenvalue weighted by Crippen LogP contribution is 2.18. The Labute approximate surface area is 141 Å². The van der Waals surface area contributed by atoms with Crippen molar-refractivity contribution in [2.24, 2.45) is 0 Å². The highest BCUT2D eigenvalue weighted by Gasteiger charge is 2.27. The lowest BCUT2D eigenvalue weighted by atomic mass is 10.2. The van der Waals surface area contributed by atoms with Crippen LogP contribution in [0.3, 0.4) is 0 Å². The molecule has 2 rings (SSSR count). The molecule has 0 aliphatic heterocycles. The van der Waals surface area contributed by atoms with E-state index in [9.17, 15) is 13.2 Å². The standard InChI is InChI=1S/C17H16N2O4S/c18-11-12-23-17(20)14-19(13-15-7-3-1-4-8-15)24(21,22)16-9-5-2-6-10-16/h1-10H,12-14H2. The van der Waals surface area contributed by atoms with Crippen LogP contribution >= 0.6 is 0 Å². The fourth-order valence-corrected chi connectivity index (χ4v) is 3.45. The van der Waals surface area contributed by atoms with Gasteiger partial charge < -0.3 is 4.74 Å². The molecule has 0 radical (unpaired) electrons. The highest BCUT2D eigenvalue weighted by molar-refractivity contribution is 7.89. The summed E-state index contributed by atoms with van der Waals surface area (Å²) in [5, 5.41) is 8.46. The van der Waals surface area contributed by atoms with Crippen LogP contribution in [-0.4, -0.2) is 31.8 Å². The van der Waals surface area contributed by atoms with Crippen LogP contribution in [-0.2, 0) is 26.1 Å². The lowest BCUT2D eigenvalue weighted by molar-refractivity contribution is -0.142. The number of nitrogens with zero attached hydrogens (tertiary/aromatic N) is 2. The number of hydrogen-bond acceptors (Lipinski definition) is 5. The number of ether oxygens (including phenoxy) is 1. The first-order valence-electron chi connectivity index (χ1n) is 7.16. The molecular formula is C17H16N2O4S. The molecule has 0 saturated carbocycles. The van der Waals surface area contributed by atoms with Crippen molar-refractivity contribution >= 4 is 16.0 Å². The van der Waals surface area contributed by atoms with E-state index in [-0.39, 0.29) is 11.4 Å². The summed E-state index contributed by atoms with van der Waals surface area (Å²) in [6.07, 6.45) is 0. The zero-order chi connectivity index (χ0) is 17.4. The van der Waals surface area contributed by atoms with Gasteiger partial charge in [-0.3, -0.25) is 4.79 Å². The molecule has 0 aliphatic rings. The van der Waals surface area contributed by atoms with Crippen molar-refractivity contribution in [3.05, 3.63) is 66.2 Å². The van der Waals surface area contributed by atoms with Crippen LogP contribution in [0.15, 0.2) is 65.6 Å². The third kappa shape index (κ3) is 4.65. The molecule has 0 unspecified atom stereocenters. The average molecular weight is 344 g/mol. The Hall–Kier alpha value is -2.69. The SMILES string of the molecule is N#CCOC(=O)CN(Cc1ccccc1)S(=O)(=O)c1ccccc1.